The van der Waals surface area contributed by atoms with Crippen molar-refractivity contribution in [3.63, 3.8) is 0 Å². The molecule has 1 aromatic heterocycles. The van der Waals surface area contributed by atoms with Gasteiger partial charge in [-0.1, -0.05) is 0 Å². The Bertz CT molecular complexity index is 362. The zero-order valence-corrected chi connectivity index (χ0v) is 8.71. The van der Waals surface area contributed by atoms with Crippen LogP contribution >= 0.6 is 0 Å². The van der Waals surface area contributed by atoms with Crippen LogP contribution in [0.15, 0.2) is 12.4 Å². The minimum Gasteiger partial charge on any atom is -0.476 e. The van der Waals surface area contributed by atoms with E-state index in [2.05, 4.69) is 15.3 Å². The first kappa shape index (κ1) is 12.3. The monoisotopic (exact) mass is 227 g/mol. The number of hydrogen-bond acceptors (Lipinski definition) is 6. The Balaban J connectivity index is 2.79. The number of rotatable bonds is 5. The summed E-state index contributed by atoms with van der Waals surface area (Å²) in [5.74, 6) is -0.873. The van der Waals surface area contributed by atoms with E-state index in [-0.39, 0.29) is 24.7 Å². The molecule has 7 nitrogen and oxygen atoms in total. The minimum atomic E-state index is -1.16. The van der Waals surface area contributed by atoms with Crippen LogP contribution in [0.5, 0.6) is 0 Å². The molecule has 0 aliphatic heterocycles. The van der Waals surface area contributed by atoms with Gasteiger partial charge in [0.15, 0.2) is 5.69 Å². The maximum Gasteiger partial charge on any atom is 0.356 e. The first-order chi connectivity index (χ1) is 7.50. The van der Waals surface area contributed by atoms with E-state index in [1.807, 2.05) is 0 Å². The first-order valence-corrected chi connectivity index (χ1v) is 4.56. The number of nitrogens with one attached hydrogen (secondary N) is 1. The van der Waals surface area contributed by atoms with Gasteiger partial charge in [-0.15, -0.1) is 0 Å². The quantitative estimate of drug-likeness (QED) is 0.527. The Morgan fingerprint density at radius 1 is 1.38 bits per heavy atom. The van der Waals surface area contributed by atoms with Gasteiger partial charge in [-0.2, -0.15) is 0 Å². The Labute approximate surface area is 91.8 Å². The lowest BCUT2D eigenvalue weighted by Crippen LogP contribution is -2.42. The second-order valence-corrected chi connectivity index (χ2v) is 3.59. The fourth-order valence-electron chi connectivity index (χ4n) is 0.941. The first-order valence-electron chi connectivity index (χ1n) is 4.56. The number of anilines is 1. The third kappa shape index (κ3) is 2.88. The highest BCUT2D eigenvalue weighted by atomic mass is 16.4. The van der Waals surface area contributed by atoms with Crippen molar-refractivity contribution < 1.29 is 20.1 Å². The fourth-order valence-corrected chi connectivity index (χ4v) is 0.941. The molecule has 0 unspecified atom stereocenters. The van der Waals surface area contributed by atoms with Crippen LogP contribution in [0.3, 0.4) is 0 Å². The number of aromatic carboxylic acids is 1. The van der Waals surface area contributed by atoms with Gasteiger partial charge in [0.25, 0.3) is 0 Å². The Morgan fingerprint density at radius 2 is 2.00 bits per heavy atom. The Kier molecular flexibility index (Phi) is 3.75. The van der Waals surface area contributed by atoms with Crippen molar-refractivity contribution in [1.29, 1.82) is 0 Å². The van der Waals surface area contributed by atoms with Gasteiger partial charge in [-0.3, -0.25) is 0 Å². The van der Waals surface area contributed by atoms with Crippen molar-refractivity contribution in [1.82, 2.24) is 9.97 Å². The van der Waals surface area contributed by atoms with Crippen molar-refractivity contribution in [3.8, 4) is 0 Å². The van der Waals surface area contributed by atoms with Crippen LogP contribution < -0.4 is 5.32 Å². The zero-order chi connectivity index (χ0) is 12.2. The molecular weight excluding hydrogens is 214 g/mol. The van der Waals surface area contributed by atoms with Gasteiger partial charge in [-0.25, -0.2) is 14.8 Å². The van der Waals surface area contributed by atoms with Gasteiger partial charge in [0, 0.05) is 0 Å². The summed E-state index contributed by atoms with van der Waals surface area (Å²) in [6.45, 7) is 1.03. The molecule has 7 heteroatoms. The van der Waals surface area contributed by atoms with Crippen LogP contribution in [0.4, 0.5) is 5.82 Å². The Morgan fingerprint density at radius 3 is 2.38 bits per heavy atom. The summed E-state index contributed by atoms with van der Waals surface area (Å²) < 4.78 is 0. The number of carbonyl (C=O) groups is 1. The van der Waals surface area contributed by atoms with E-state index in [1.54, 1.807) is 6.92 Å². The molecule has 0 aliphatic carbocycles. The van der Waals surface area contributed by atoms with E-state index in [9.17, 15) is 4.79 Å². The van der Waals surface area contributed by atoms with Crippen LogP contribution in [0.2, 0.25) is 0 Å². The summed E-state index contributed by atoms with van der Waals surface area (Å²) in [4.78, 5) is 18.0. The molecule has 0 aromatic carbocycles. The molecule has 0 saturated carbocycles. The number of hydrogen-bond donors (Lipinski definition) is 4. The van der Waals surface area contributed by atoms with Gasteiger partial charge in [-0.05, 0) is 6.92 Å². The SMILES string of the molecule is CC(CO)(CO)Nc1cnc(C(=O)O)cn1. The summed E-state index contributed by atoms with van der Waals surface area (Å²) >= 11 is 0. The molecule has 0 radical (unpaired) electrons. The van der Waals surface area contributed by atoms with E-state index in [1.165, 1.54) is 6.20 Å². The van der Waals surface area contributed by atoms with Crippen molar-refractivity contribution in [2.45, 2.75) is 12.5 Å². The molecule has 0 atom stereocenters. The predicted molar refractivity (Wildman–Crippen MR) is 55.2 cm³/mol. The number of nitrogens with zero attached hydrogens (tertiary/aromatic N) is 2. The third-order valence-electron chi connectivity index (χ3n) is 2.00. The van der Waals surface area contributed by atoms with E-state index < -0.39 is 11.5 Å². The molecule has 1 rings (SSSR count). The van der Waals surface area contributed by atoms with E-state index in [0.29, 0.717) is 0 Å². The average Bonchev–Trinajstić information content (AvgIpc) is 2.29. The highest BCUT2D eigenvalue weighted by molar-refractivity contribution is 5.84. The van der Waals surface area contributed by atoms with Crippen molar-refractivity contribution in [2.24, 2.45) is 0 Å². The summed E-state index contributed by atoms with van der Waals surface area (Å²) in [6.07, 6.45) is 2.33. The normalized spacial score (nSPS) is 11.2. The van der Waals surface area contributed by atoms with Gasteiger partial charge in [0.05, 0.1) is 31.1 Å². The van der Waals surface area contributed by atoms with Crippen molar-refractivity contribution in [2.75, 3.05) is 18.5 Å². The lowest BCUT2D eigenvalue weighted by Gasteiger charge is -2.26. The molecule has 0 saturated heterocycles. The molecule has 0 aliphatic rings. The highest BCUT2D eigenvalue weighted by Crippen LogP contribution is 2.11. The van der Waals surface area contributed by atoms with Gasteiger partial charge >= 0.3 is 5.97 Å². The second kappa shape index (κ2) is 4.86. The van der Waals surface area contributed by atoms with Crippen LogP contribution in [0, 0.1) is 0 Å². The molecule has 88 valence electrons. The van der Waals surface area contributed by atoms with Gasteiger partial charge in [0.1, 0.15) is 5.82 Å². The van der Waals surface area contributed by atoms with E-state index in [4.69, 9.17) is 15.3 Å². The van der Waals surface area contributed by atoms with Crippen LogP contribution in [-0.2, 0) is 0 Å². The third-order valence-corrected chi connectivity index (χ3v) is 2.00. The maximum absolute atomic E-state index is 10.5. The van der Waals surface area contributed by atoms with Crippen LogP contribution in [-0.4, -0.2) is 50.0 Å². The topological polar surface area (TPSA) is 116 Å². The number of aliphatic hydroxyl groups excluding tert-OH is 2. The molecule has 0 spiro atoms. The van der Waals surface area contributed by atoms with Crippen molar-refractivity contribution >= 4 is 11.8 Å². The number of aromatic nitrogens is 2. The molecule has 4 N–H and O–H groups in total. The van der Waals surface area contributed by atoms with E-state index in [0.717, 1.165) is 6.20 Å². The number of carboxylic acids is 1. The zero-order valence-electron chi connectivity index (χ0n) is 8.71. The molecule has 1 aromatic rings. The predicted octanol–water partition coefficient (Wildman–Crippen LogP) is -0.670. The van der Waals surface area contributed by atoms with Crippen LogP contribution in [0.1, 0.15) is 17.4 Å². The van der Waals surface area contributed by atoms with Gasteiger partial charge in [0.2, 0.25) is 0 Å². The minimum absolute atomic E-state index is 0.166. The fraction of sp³-hybridized carbons (Fsp3) is 0.444. The summed E-state index contributed by atoms with van der Waals surface area (Å²) in [7, 11) is 0. The standard InChI is InChI=1S/C9H13N3O4/c1-9(4-13,5-14)12-7-3-10-6(2-11-7)8(15)16/h2-3,13-14H,4-5H2,1H3,(H,11,12)(H,15,16). The summed E-state index contributed by atoms with van der Waals surface area (Å²) in [5, 5.41) is 29.4. The molecule has 0 amide bonds. The van der Waals surface area contributed by atoms with Crippen LogP contribution in [0.25, 0.3) is 0 Å². The number of carboxylic acid groups (broad SMARTS) is 1. The molecule has 16 heavy (non-hydrogen) atoms. The number of aliphatic hydroxyl groups is 2. The lowest BCUT2D eigenvalue weighted by atomic mass is 10.1. The average molecular weight is 227 g/mol. The molecular formula is C9H13N3O4. The molecule has 1 heterocycles. The lowest BCUT2D eigenvalue weighted by molar-refractivity contribution is 0.0690. The molecule has 0 bridgehead atoms. The van der Waals surface area contributed by atoms with E-state index >= 15 is 0 Å². The Hall–Kier alpha value is -1.73. The summed E-state index contributed by atoms with van der Waals surface area (Å²) in [6, 6.07) is 0. The largest absolute Gasteiger partial charge is 0.476 e. The molecule has 0 fully saturated rings. The maximum atomic E-state index is 10.5. The highest BCUT2D eigenvalue weighted by Gasteiger charge is 2.22. The van der Waals surface area contributed by atoms with Crippen molar-refractivity contribution in [3.05, 3.63) is 18.1 Å². The smallest absolute Gasteiger partial charge is 0.356 e. The summed E-state index contributed by atoms with van der Waals surface area (Å²) in [5.41, 5.74) is -1.08. The van der Waals surface area contributed by atoms with Gasteiger partial charge < -0.3 is 20.6 Å². The second-order valence-electron chi connectivity index (χ2n) is 3.59.